The molecule has 5 heteroatoms. The number of piperidine rings is 2. The number of hydrogen-bond acceptors (Lipinski definition) is 3. The number of carboxylic acid groups (broad SMARTS) is 1. The van der Waals surface area contributed by atoms with Crippen LogP contribution in [0.5, 0.6) is 5.75 Å². The van der Waals surface area contributed by atoms with Gasteiger partial charge in [0, 0.05) is 19.0 Å². The van der Waals surface area contributed by atoms with Gasteiger partial charge in [-0.1, -0.05) is 32.0 Å². The van der Waals surface area contributed by atoms with Gasteiger partial charge in [-0.2, -0.15) is 0 Å². The van der Waals surface area contributed by atoms with Crippen molar-refractivity contribution in [1.82, 2.24) is 4.90 Å². The fourth-order valence-corrected chi connectivity index (χ4v) is 3.16. The molecular formula is C19H29NO4. The number of carbonyl (C=O) groups is 2. The summed E-state index contributed by atoms with van der Waals surface area (Å²) in [5, 5.41) is 17.2. The molecule has 1 aliphatic carbocycles. The molecule has 0 atom stereocenters. The number of phenolic OH excluding ortho intramolecular Hbond substituents is 1. The van der Waals surface area contributed by atoms with E-state index in [1.165, 1.54) is 12.8 Å². The lowest BCUT2D eigenvalue weighted by Crippen LogP contribution is -2.50. The third-order valence-electron chi connectivity index (χ3n) is 4.34. The number of aliphatic carboxylic acids is 1. The Kier molecular flexibility index (Phi) is 8.90. The number of fused-ring (bicyclic) bond motifs is 3. The topological polar surface area (TPSA) is 77.8 Å². The summed E-state index contributed by atoms with van der Waals surface area (Å²) in [4.78, 5) is 24.0. The van der Waals surface area contributed by atoms with Crippen LogP contribution in [0.25, 0.3) is 0 Å². The summed E-state index contributed by atoms with van der Waals surface area (Å²) in [6.45, 7) is 4.86. The smallest absolute Gasteiger partial charge is 0.303 e. The van der Waals surface area contributed by atoms with Crippen LogP contribution in [0.2, 0.25) is 0 Å². The predicted octanol–water partition coefficient (Wildman–Crippen LogP) is 3.67. The monoisotopic (exact) mass is 335 g/mol. The van der Waals surface area contributed by atoms with Gasteiger partial charge in [0.25, 0.3) is 0 Å². The number of benzene rings is 1. The second kappa shape index (κ2) is 10.7. The van der Waals surface area contributed by atoms with E-state index in [-0.39, 0.29) is 18.7 Å². The highest BCUT2D eigenvalue weighted by atomic mass is 16.4. The fourth-order valence-electron chi connectivity index (χ4n) is 3.16. The quantitative estimate of drug-likeness (QED) is 0.883. The van der Waals surface area contributed by atoms with Crippen LogP contribution in [0.3, 0.4) is 0 Å². The Morgan fingerprint density at radius 1 is 1.04 bits per heavy atom. The summed E-state index contributed by atoms with van der Waals surface area (Å²) in [5.74, 6) is 0.142. The van der Waals surface area contributed by atoms with E-state index in [1.54, 1.807) is 24.3 Å². The standard InChI is InChI=1S/C11H17NO3.C6H6O.C2H6/c13-10(5-6-11(14)15)12-7-8-1-3-9(12)4-2-8;7-6-4-2-1-3-5-6;1-2/h8-9H,1-7H2,(H,14,15);1-5,7H;1-2H3. The number of aromatic hydroxyl groups is 1. The Bertz CT molecular complexity index is 495. The van der Waals surface area contributed by atoms with Crippen molar-refractivity contribution < 1.29 is 19.8 Å². The zero-order valence-electron chi connectivity index (χ0n) is 14.6. The number of phenols is 1. The van der Waals surface area contributed by atoms with Crippen molar-refractivity contribution in [1.29, 1.82) is 0 Å². The molecule has 3 fully saturated rings. The first-order valence-electron chi connectivity index (χ1n) is 8.81. The Labute approximate surface area is 144 Å². The van der Waals surface area contributed by atoms with E-state index in [2.05, 4.69) is 0 Å². The molecule has 4 rings (SSSR count). The highest BCUT2D eigenvalue weighted by Gasteiger charge is 2.35. The lowest BCUT2D eigenvalue weighted by Gasteiger charge is -2.45. The van der Waals surface area contributed by atoms with Gasteiger partial charge in [0.1, 0.15) is 5.75 Å². The van der Waals surface area contributed by atoms with Crippen LogP contribution < -0.4 is 0 Å². The molecule has 2 N–H and O–H groups in total. The number of hydrogen-bond donors (Lipinski definition) is 2. The minimum Gasteiger partial charge on any atom is -0.508 e. The van der Waals surface area contributed by atoms with Crippen LogP contribution in [0.4, 0.5) is 0 Å². The van der Waals surface area contributed by atoms with Crippen molar-refractivity contribution in [2.75, 3.05) is 6.54 Å². The average molecular weight is 335 g/mol. The van der Waals surface area contributed by atoms with E-state index in [0.29, 0.717) is 17.7 Å². The Balaban J connectivity index is 0.000000268. The van der Waals surface area contributed by atoms with E-state index < -0.39 is 5.97 Å². The van der Waals surface area contributed by atoms with E-state index in [0.717, 1.165) is 19.4 Å². The molecule has 2 heterocycles. The summed E-state index contributed by atoms with van der Waals surface area (Å²) in [5.41, 5.74) is 0. The highest BCUT2D eigenvalue weighted by molar-refractivity contribution is 5.81. The van der Waals surface area contributed by atoms with Gasteiger partial charge in [-0.05, 0) is 43.7 Å². The molecule has 1 amide bonds. The molecule has 134 valence electrons. The summed E-state index contributed by atoms with van der Waals surface area (Å²) in [6.07, 6.45) is 4.85. The van der Waals surface area contributed by atoms with Crippen LogP contribution in [0.15, 0.2) is 30.3 Å². The lowest BCUT2D eigenvalue weighted by molar-refractivity contribution is -0.144. The molecule has 0 aromatic heterocycles. The zero-order valence-corrected chi connectivity index (χ0v) is 14.6. The van der Waals surface area contributed by atoms with Gasteiger partial charge in [-0.25, -0.2) is 0 Å². The Morgan fingerprint density at radius 2 is 1.62 bits per heavy atom. The molecule has 1 saturated carbocycles. The second-order valence-electron chi connectivity index (χ2n) is 5.95. The van der Waals surface area contributed by atoms with Gasteiger partial charge >= 0.3 is 5.97 Å². The van der Waals surface area contributed by atoms with Gasteiger partial charge in [0.05, 0.1) is 6.42 Å². The maximum Gasteiger partial charge on any atom is 0.303 e. The maximum atomic E-state index is 11.8. The van der Waals surface area contributed by atoms with E-state index in [1.807, 2.05) is 24.8 Å². The number of nitrogens with zero attached hydrogens (tertiary/aromatic N) is 1. The van der Waals surface area contributed by atoms with Crippen molar-refractivity contribution in [2.24, 2.45) is 5.92 Å². The first kappa shape index (κ1) is 20.0. The highest BCUT2D eigenvalue weighted by Crippen LogP contribution is 2.35. The number of carbonyl (C=O) groups excluding carboxylic acids is 1. The molecule has 24 heavy (non-hydrogen) atoms. The average Bonchev–Trinajstić information content (AvgIpc) is 2.63. The van der Waals surface area contributed by atoms with Gasteiger partial charge < -0.3 is 15.1 Å². The van der Waals surface area contributed by atoms with Gasteiger partial charge in [-0.3, -0.25) is 9.59 Å². The van der Waals surface area contributed by atoms with Gasteiger partial charge in [0.2, 0.25) is 5.91 Å². The largest absolute Gasteiger partial charge is 0.508 e. The minimum atomic E-state index is -0.884. The van der Waals surface area contributed by atoms with Crippen LogP contribution in [0.1, 0.15) is 52.4 Å². The maximum absolute atomic E-state index is 11.8. The number of carboxylic acids is 1. The van der Waals surface area contributed by atoms with E-state index >= 15 is 0 Å². The van der Waals surface area contributed by atoms with Crippen molar-refractivity contribution in [3.63, 3.8) is 0 Å². The third kappa shape index (κ3) is 6.60. The second-order valence-corrected chi connectivity index (χ2v) is 5.95. The fraction of sp³-hybridized carbons (Fsp3) is 0.579. The van der Waals surface area contributed by atoms with Gasteiger partial charge in [-0.15, -0.1) is 0 Å². The van der Waals surface area contributed by atoms with E-state index in [9.17, 15) is 9.59 Å². The molecule has 0 spiro atoms. The molecule has 1 aromatic carbocycles. The van der Waals surface area contributed by atoms with Crippen LogP contribution in [0, 0.1) is 5.92 Å². The molecular weight excluding hydrogens is 306 g/mol. The van der Waals surface area contributed by atoms with Crippen molar-refractivity contribution in [3.8, 4) is 5.75 Å². The molecule has 0 radical (unpaired) electrons. The normalized spacial score (nSPS) is 21.0. The molecule has 5 nitrogen and oxygen atoms in total. The first-order chi connectivity index (χ1) is 11.6. The lowest BCUT2D eigenvalue weighted by atomic mass is 9.80. The molecule has 2 saturated heterocycles. The van der Waals surface area contributed by atoms with Crippen LogP contribution in [-0.2, 0) is 9.59 Å². The van der Waals surface area contributed by atoms with Crippen LogP contribution >= 0.6 is 0 Å². The van der Waals surface area contributed by atoms with Crippen molar-refractivity contribution in [3.05, 3.63) is 30.3 Å². The first-order valence-corrected chi connectivity index (χ1v) is 8.81. The zero-order chi connectivity index (χ0) is 17.9. The summed E-state index contributed by atoms with van der Waals surface area (Å²) in [7, 11) is 0. The molecule has 3 aliphatic rings. The number of rotatable bonds is 3. The third-order valence-corrected chi connectivity index (χ3v) is 4.34. The van der Waals surface area contributed by atoms with E-state index in [4.69, 9.17) is 10.2 Å². The predicted molar refractivity (Wildman–Crippen MR) is 93.8 cm³/mol. The van der Waals surface area contributed by atoms with Gasteiger partial charge in [0.15, 0.2) is 0 Å². The Hall–Kier alpha value is -2.04. The summed E-state index contributed by atoms with van der Waals surface area (Å²) >= 11 is 0. The molecule has 2 bridgehead atoms. The molecule has 0 unspecified atom stereocenters. The molecule has 1 aromatic rings. The van der Waals surface area contributed by atoms with Crippen molar-refractivity contribution >= 4 is 11.9 Å². The summed E-state index contributed by atoms with van der Waals surface area (Å²) in [6, 6.07) is 9.11. The number of amides is 1. The molecule has 2 aliphatic heterocycles. The minimum absolute atomic E-state index is 0.0341. The number of para-hydroxylation sites is 1. The Morgan fingerprint density at radius 3 is 2.00 bits per heavy atom. The summed E-state index contributed by atoms with van der Waals surface area (Å²) < 4.78 is 0. The van der Waals surface area contributed by atoms with Crippen molar-refractivity contribution in [2.45, 2.75) is 58.4 Å². The van der Waals surface area contributed by atoms with Crippen LogP contribution in [-0.4, -0.2) is 39.6 Å². The SMILES string of the molecule is CC.O=C(O)CCC(=O)N1CC2CCC1CC2.Oc1ccccc1.